The minimum Gasteiger partial charge on any atom is -0.455 e. The first-order chi connectivity index (χ1) is 13.6. The third-order valence-corrected chi connectivity index (χ3v) is 3.79. The summed E-state index contributed by atoms with van der Waals surface area (Å²) >= 11 is 0. The molecule has 0 aliphatic carbocycles. The van der Waals surface area contributed by atoms with E-state index < -0.39 is 36.3 Å². The number of ether oxygens (including phenoxy) is 1. The van der Waals surface area contributed by atoms with E-state index in [9.17, 15) is 27.6 Å². The van der Waals surface area contributed by atoms with Crippen LogP contribution in [0.15, 0.2) is 54.6 Å². The van der Waals surface area contributed by atoms with Gasteiger partial charge in [-0.1, -0.05) is 36.4 Å². The highest BCUT2D eigenvalue weighted by Gasteiger charge is 2.30. The lowest BCUT2D eigenvalue weighted by Crippen LogP contribution is -2.29. The number of alkyl halides is 3. The van der Waals surface area contributed by atoms with Crippen molar-refractivity contribution in [2.45, 2.75) is 25.6 Å². The lowest BCUT2D eigenvalue weighted by Gasteiger charge is -2.17. The molecule has 0 aliphatic heterocycles. The molecule has 0 bridgehead atoms. The molecule has 29 heavy (non-hydrogen) atoms. The van der Waals surface area contributed by atoms with Crippen molar-refractivity contribution in [3.63, 3.8) is 0 Å². The van der Waals surface area contributed by atoms with E-state index in [1.54, 1.807) is 30.3 Å². The summed E-state index contributed by atoms with van der Waals surface area (Å²) in [5.41, 5.74) is -0.289. The second-order valence-corrected chi connectivity index (χ2v) is 6.16. The number of hydrogen-bond donors (Lipinski definition) is 2. The van der Waals surface area contributed by atoms with Crippen LogP contribution in [0.3, 0.4) is 0 Å². The zero-order valence-corrected chi connectivity index (χ0v) is 15.5. The molecule has 0 fully saturated rings. The molecule has 0 radical (unpaired) electrons. The van der Waals surface area contributed by atoms with Crippen molar-refractivity contribution in [1.82, 2.24) is 5.32 Å². The smallest absolute Gasteiger partial charge is 0.416 e. The van der Waals surface area contributed by atoms with Gasteiger partial charge in [-0.15, -0.1) is 0 Å². The van der Waals surface area contributed by atoms with E-state index in [0.29, 0.717) is 5.56 Å². The van der Waals surface area contributed by atoms with Gasteiger partial charge in [0, 0.05) is 12.6 Å². The fourth-order valence-corrected chi connectivity index (χ4v) is 2.52. The van der Waals surface area contributed by atoms with Crippen molar-refractivity contribution in [2.24, 2.45) is 0 Å². The molecular formula is C20H19F3N2O4. The van der Waals surface area contributed by atoms with Crippen molar-refractivity contribution in [3.05, 3.63) is 65.7 Å². The molecule has 2 N–H and O–H groups in total. The van der Waals surface area contributed by atoms with Gasteiger partial charge in [0.2, 0.25) is 5.91 Å². The molecule has 0 spiro atoms. The van der Waals surface area contributed by atoms with Crippen molar-refractivity contribution >= 4 is 23.5 Å². The van der Waals surface area contributed by atoms with Crippen LogP contribution < -0.4 is 10.6 Å². The Bertz CT molecular complexity index is 870. The maximum Gasteiger partial charge on any atom is 0.416 e. The van der Waals surface area contributed by atoms with Crippen LogP contribution in [0.25, 0.3) is 0 Å². The second kappa shape index (κ2) is 9.72. The first kappa shape index (κ1) is 21.9. The van der Waals surface area contributed by atoms with E-state index in [-0.39, 0.29) is 18.0 Å². The van der Waals surface area contributed by atoms with Gasteiger partial charge >= 0.3 is 12.1 Å². The first-order valence-corrected chi connectivity index (χ1v) is 8.60. The van der Waals surface area contributed by atoms with Gasteiger partial charge in [0.25, 0.3) is 5.91 Å². The van der Waals surface area contributed by atoms with Gasteiger partial charge in [0.05, 0.1) is 18.0 Å². The molecule has 2 amide bonds. The van der Waals surface area contributed by atoms with E-state index in [1.165, 1.54) is 13.0 Å². The third-order valence-electron chi connectivity index (χ3n) is 3.79. The van der Waals surface area contributed by atoms with Crippen molar-refractivity contribution < 1.29 is 32.3 Å². The fraction of sp³-hybridized carbons (Fsp3) is 0.250. The van der Waals surface area contributed by atoms with Crippen LogP contribution in [-0.4, -0.2) is 24.4 Å². The summed E-state index contributed by atoms with van der Waals surface area (Å²) in [6.07, 6.45) is -4.75. The number of carbonyl (C=O) groups excluding carboxylic acids is 3. The Morgan fingerprint density at radius 3 is 2.34 bits per heavy atom. The second-order valence-electron chi connectivity index (χ2n) is 6.16. The highest BCUT2D eigenvalue weighted by atomic mass is 19.4. The van der Waals surface area contributed by atoms with Gasteiger partial charge in [-0.3, -0.25) is 14.4 Å². The van der Waals surface area contributed by atoms with Crippen LogP contribution in [0, 0.1) is 0 Å². The lowest BCUT2D eigenvalue weighted by molar-refractivity contribution is -0.148. The number of rotatable bonds is 7. The van der Waals surface area contributed by atoms with E-state index in [1.807, 2.05) is 0 Å². The van der Waals surface area contributed by atoms with Crippen LogP contribution in [0.1, 0.15) is 30.5 Å². The summed E-state index contributed by atoms with van der Waals surface area (Å²) in [5.74, 6) is -1.87. The van der Waals surface area contributed by atoms with Gasteiger partial charge in [0.1, 0.15) is 0 Å². The van der Waals surface area contributed by atoms with Gasteiger partial charge < -0.3 is 15.4 Å². The minimum absolute atomic E-state index is 0.0683. The maximum atomic E-state index is 12.7. The first-order valence-electron chi connectivity index (χ1n) is 8.60. The van der Waals surface area contributed by atoms with Gasteiger partial charge in [-0.05, 0) is 23.8 Å². The van der Waals surface area contributed by atoms with E-state index in [2.05, 4.69) is 10.6 Å². The maximum absolute atomic E-state index is 12.7. The highest BCUT2D eigenvalue weighted by Crippen LogP contribution is 2.30. The van der Waals surface area contributed by atoms with E-state index in [0.717, 1.165) is 18.2 Å². The summed E-state index contributed by atoms with van der Waals surface area (Å²) in [6.45, 7) is 0.639. The molecule has 0 unspecified atom stereocenters. The quantitative estimate of drug-likeness (QED) is 0.688. The number of hydrogen-bond acceptors (Lipinski definition) is 4. The lowest BCUT2D eigenvalue weighted by atomic mass is 10.0. The molecule has 0 saturated heterocycles. The van der Waals surface area contributed by atoms with Gasteiger partial charge in [-0.25, -0.2) is 0 Å². The van der Waals surface area contributed by atoms with E-state index in [4.69, 9.17) is 4.74 Å². The molecule has 0 saturated carbocycles. The van der Waals surface area contributed by atoms with Crippen LogP contribution in [0.2, 0.25) is 0 Å². The van der Waals surface area contributed by atoms with Crippen LogP contribution in [0.5, 0.6) is 0 Å². The molecule has 2 aromatic rings. The van der Waals surface area contributed by atoms with E-state index >= 15 is 0 Å². The fourth-order valence-electron chi connectivity index (χ4n) is 2.52. The summed E-state index contributed by atoms with van der Waals surface area (Å²) in [5, 5.41) is 4.87. The Morgan fingerprint density at radius 1 is 1.03 bits per heavy atom. The molecule has 154 valence electrons. The Morgan fingerprint density at radius 2 is 1.72 bits per heavy atom. The average molecular weight is 408 g/mol. The number of benzene rings is 2. The topological polar surface area (TPSA) is 84.5 Å². The Labute approximate surface area is 165 Å². The molecule has 1 atom stereocenters. The number of anilines is 1. The highest BCUT2D eigenvalue weighted by molar-refractivity contribution is 5.92. The predicted molar refractivity (Wildman–Crippen MR) is 98.6 cm³/mol. The SMILES string of the molecule is CC(=O)N[C@H](CC(=O)OCC(=O)Nc1cccc(C(F)(F)F)c1)c1ccccc1. The predicted octanol–water partition coefficient (Wildman–Crippen LogP) is 3.45. The summed E-state index contributed by atoms with van der Waals surface area (Å²) in [6, 6.07) is 12.2. The molecule has 0 aliphatic rings. The van der Waals surface area contributed by atoms with Crippen LogP contribution >= 0.6 is 0 Å². The molecule has 9 heteroatoms. The number of halogens is 3. The van der Waals surface area contributed by atoms with Crippen LogP contribution in [-0.2, 0) is 25.3 Å². The molecule has 6 nitrogen and oxygen atoms in total. The number of amides is 2. The zero-order chi connectivity index (χ0) is 21.4. The largest absolute Gasteiger partial charge is 0.455 e. The molecule has 2 aromatic carbocycles. The number of esters is 1. The van der Waals surface area contributed by atoms with Crippen LogP contribution in [0.4, 0.5) is 18.9 Å². The summed E-state index contributed by atoms with van der Waals surface area (Å²) in [4.78, 5) is 35.3. The summed E-state index contributed by atoms with van der Waals surface area (Å²) < 4.78 is 43.0. The van der Waals surface area contributed by atoms with Crippen molar-refractivity contribution in [2.75, 3.05) is 11.9 Å². The van der Waals surface area contributed by atoms with Crippen molar-refractivity contribution in [1.29, 1.82) is 0 Å². The number of nitrogens with one attached hydrogen (secondary N) is 2. The molecule has 0 aromatic heterocycles. The standard InChI is InChI=1S/C20H19F3N2O4/c1-13(26)24-17(14-6-3-2-4-7-14)11-19(28)29-12-18(27)25-16-9-5-8-15(10-16)20(21,22)23/h2-10,17H,11-12H2,1H3,(H,24,26)(H,25,27)/t17-/m1/s1. The Kier molecular flexibility index (Phi) is 7.35. The molecule has 0 heterocycles. The monoisotopic (exact) mass is 408 g/mol. The Hall–Kier alpha value is -3.36. The summed E-state index contributed by atoms with van der Waals surface area (Å²) in [7, 11) is 0. The Balaban J connectivity index is 1.90. The number of carbonyl (C=O) groups is 3. The zero-order valence-electron chi connectivity index (χ0n) is 15.5. The average Bonchev–Trinajstić information content (AvgIpc) is 2.66. The van der Waals surface area contributed by atoms with Gasteiger partial charge in [-0.2, -0.15) is 13.2 Å². The van der Waals surface area contributed by atoms with Gasteiger partial charge in [0.15, 0.2) is 6.61 Å². The molecule has 2 rings (SSSR count). The van der Waals surface area contributed by atoms with Crippen molar-refractivity contribution in [3.8, 4) is 0 Å². The minimum atomic E-state index is -4.54. The third kappa shape index (κ3) is 7.28. The normalized spacial score (nSPS) is 12.0. The molecular weight excluding hydrogens is 389 g/mol.